The van der Waals surface area contributed by atoms with Gasteiger partial charge in [0.2, 0.25) is 5.91 Å². The zero-order valence-electron chi connectivity index (χ0n) is 18.7. The van der Waals surface area contributed by atoms with Crippen molar-refractivity contribution in [3.05, 3.63) is 60.2 Å². The second kappa shape index (κ2) is 11.6. The summed E-state index contributed by atoms with van der Waals surface area (Å²) in [5, 5.41) is 0. The van der Waals surface area contributed by atoms with Crippen LogP contribution in [0.2, 0.25) is 0 Å². The molecule has 7 heteroatoms. The molecule has 166 valence electrons. The number of nitrogens with zero attached hydrogens (tertiary/aromatic N) is 4. The third-order valence-corrected chi connectivity index (χ3v) is 5.76. The van der Waals surface area contributed by atoms with Gasteiger partial charge in [0, 0.05) is 37.5 Å². The van der Waals surface area contributed by atoms with E-state index >= 15 is 0 Å². The number of hydrogen-bond acceptors (Lipinski definition) is 4. The highest BCUT2D eigenvalue weighted by atomic mass is 16.2. The SMILES string of the molecule is CC(C)CCN(CCC(=O)N1CC[NH+](Cc2ccccc2)CC1)C(=O)c1cnccn1. The van der Waals surface area contributed by atoms with Crippen molar-refractivity contribution in [3.63, 3.8) is 0 Å². The van der Waals surface area contributed by atoms with Crippen LogP contribution in [-0.2, 0) is 11.3 Å². The predicted molar refractivity (Wildman–Crippen MR) is 119 cm³/mol. The Morgan fingerprint density at radius 2 is 1.84 bits per heavy atom. The summed E-state index contributed by atoms with van der Waals surface area (Å²) in [7, 11) is 0. The van der Waals surface area contributed by atoms with Gasteiger partial charge in [-0.25, -0.2) is 4.98 Å². The second-order valence-electron chi connectivity index (χ2n) is 8.61. The molecule has 7 nitrogen and oxygen atoms in total. The van der Waals surface area contributed by atoms with Gasteiger partial charge in [-0.05, 0) is 12.3 Å². The molecule has 0 unspecified atom stereocenters. The molecular formula is C24H34N5O2+. The summed E-state index contributed by atoms with van der Waals surface area (Å²) in [6.45, 7) is 9.75. The van der Waals surface area contributed by atoms with Crippen LogP contribution < -0.4 is 4.90 Å². The lowest BCUT2D eigenvalue weighted by atomic mass is 10.1. The summed E-state index contributed by atoms with van der Waals surface area (Å²) in [6, 6.07) is 10.5. The van der Waals surface area contributed by atoms with E-state index in [-0.39, 0.29) is 11.8 Å². The monoisotopic (exact) mass is 424 g/mol. The Morgan fingerprint density at radius 1 is 1.10 bits per heavy atom. The Kier molecular flexibility index (Phi) is 8.53. The van der Waals surface area contributed by atoms with Gasteiger partial charge in [-0.2, -0.15) is 0 Å². The number of carbonyl (C=O) groups excluding carboxylic acids is 2. The largest absolute Gasteiger partial charge is 0.337 e. The molecule has 1 fully saturated rings. The summed E-state index contributed by atoms with van der Waals surface area (Å²) < 4.78 is 0. The van der Waals surface area contributed by atoms with E-state index in [1.54, 1.807) is 11.1 Å². The molecule has 1 saturated heterocycles. The van der Waals surface area contributed by atoms with Gasteiger partial charge in [-0.1, -0.05) is 44.2 Å². The van der Waals surface area contributed by atoms with Crippen LogP contribution in [0.15, 0.2) is 48.9 Å². The lowest BCUT2D eigenvalue weighted by Gasteiger charge is -2.33. The maximum absolute atomic E-state index is 12.9. The van der Waals surface area contributed by atoms with E-state index in [0.717, 1.165) is 39.1 Å². The van der Waals surface area contributed by atoms with Gasteiger partial charge in [0.25, 0.3) is 5.91 Å². The first-order valence-electron chi connectivity index (χ1n) is 11.2. The number of benzene rings is 1. The summed E-state index contributed by atoms with van der Waals surface area (Å²) in [4.78, 5) is 39.0. The van der Waals surface area contributed by atoms with Crippen LogP contribution >= 0.6 is 0 Å². The van der Waals surface area contributed by atoms with Crippen LogP contribution in [0.25, 0.3) is 0 Å². The van der Waals surface area contributed by atoms with Gasteiger partial charge in [0.05, 0.1) is 32.4 Å². The van der Waals surface area contributed by atoms with Crippen LogP contribution in [0.3, 0.4) is 0 Å². The van der Waals surface area contributed by atoms with Gasteiger partial charge in [0.15, 0.2) is 0 Å². The van der Waals surface area contributed by atoms with Crippen molar-refractivity contribution in [2.24, 2.45) is 5.92 Å². The van der Waals surface area contributed by atoms with Crippen LogP contribution in [0.4, 0.5) is 0 Å². The molecule has 2 aromatic rings. The highest BCUT2D eigenvalue weighted by Gasteiger charge is 2.25. The number of aromatic nitrogens is 2. The highest BCUT2D eigenvalue weighted by molar-refractivity contribution is 5.92. The molecule has 0 radical (unpaired) electrons. The predicted octanol–water partition coefficient (Wildman–Crippen LogP) is 1.28. The third kappa shape index (κ3) is 7.14. The Bertz CT molecular complexity index is 820. The maximum atomic E-state index is 12.9. The molecular weight excluding hydrogens is 390 g/mol. The minimum atomic E-state index is -0.154. The maximum Gasteiger partial charge on any atom is 0.274 e. The molecule has 1 aliphatic rings. The zero-order valence-corrected chi connectivity index (χ0v) is 18.7. The quantitative estimate of drug-likeness (QED) is 0.658. The molecule has 0 spiro atoms. The normalized spacial score (nSPS) is 14.6. The molecule has 0 saturated carbocycles. The molecule has 2 amide bonds. The van der Waals surface area contributed by atoms with Crippen molar-refractivity contribution in [2.45, 2.75) is 33.2 Å². The number of nitrogens with one attached hydrogen (secondary N) is 1. The molecule has 31 heavy (non-hydrogen) atoms. The summed E-state index contributed by atoms with van der Waals surface area (Å²) in [5.41, 5.74) is 1.66. The van der Waals surface area contributed by atoms with Crippen LogP contribution in [0.5, 0.6) is 0 Å². The van der Waals surface area contributed by atoms with Gasteiger partial charge in [-0.15, -0.1) is 0 Å². The molecule has 1 aromatic heterocycles. The number of rotatable bonds is 9. The number of hydrogen-bond donors (Lipinski definition) is 1. The molecule has 0 aliphatic carbocycles. The Hall–Kier alpha value is -2.80. The van der Waals surface area contributed by atoms with Gasteiger partial charge in [-0.3, -0.25) is 14.6 Å². The van der Waals surface area contributed by atoms with E-state index in [4.69, 9.17) is 0 Å². The first-order chi connectivity index (χ1) is 15.0. The van der Waals surface area contributed by atoms with Crippen LogP contribution in [-0.4, -0.2) is 70.9 Å². The fraction of sp³-hybridized carbons (Fsp3) is 0.500. The zero-order chi connectivity index (χ0) is 22.1. The average molecular weight is 425 g/mol. The van der Waals surface area contributed by atoms with E-state index < -0.39 is 0 Å². The molecule has 0 bridgehead atoms. The van der Waals surface area contributed by atoms with E-state index in [0.29, 0.717) is 31.1 Å². The minimum Gasteiger partial charge on any atom is -0.337 e. The van der Waals surface area contributed by atoms with E-state index in [2.05, 4.69) is 48.1 Å². The molecule has 1 aliphatic heterocycles. The van der Waals surface area contributed by atoms with Crippen molar-refractivity contribution < 1.29 is 14.5 Å². The van der Waals surface area contributed by atoms with Crippen molar-refractivity contribution in [2.75, 3.05) is 39.3 Å². The van der Waals surface area contributed by atoms with Crippen molar-refractivity contribution in [3.8, 4) is 0 Å². The molecule has 1 aromatic carbocycles. The number of carbonyl (C=O) groups is 2. The van der Waals surface area contributed by atoms with Gasteiger partial charge >= 0.3 is 0 Å². The molecule has 3 rings (SSSR count). The van der Waals surface area contributed by atoms with Crippen molar-refractivity contribution in [1.82, 2.24) is 19.8 Å². The molecule has 1 N–H and O–H groups in total. The fourth-order valence-electron chi connectivity index (χ4n) is 3.82. The summed E-state index contributed by atoms with van der Waals surface area (Å²) >= 11 is 0. The van der Waals surface area contributed by atoms with Gasteiger partial charge < -0.3 is 14.7 Å². The standard InChI is InChI=1S/C24H33N5O2/c1-20(2)8-12-29(24(31)22-18-25-10-11-26-22)13-9-23(30)28-16-14-27(15-17-28)19-21-6-4-3-5-7-21/h3-7,10-11,18,20H,8-9,12-17,19H2,1-2H3/p+1. The van der Waals surface area contributed by atoms with Crippen LogP contribution in [0.1, 0.15) is 42.7 Å². The number of quaternary nitrogens is 1. The minimum absolute atomic E-state index is 0.125. The topological polar surface area (TPSA) is 70.8 Å². The lowest BCUT2D eigenvalue weighted by molar-refractivity contribution is -0.917. The van der Waals surface area contributed by atoms with Crippen LogP contribution in [0, 0.1) is 5.92 Å². The summed E-state index contributed by atoms with van der Waals surface area (Å²) in [5.74, 6) is 0.451. The average Bonchev–Trinajstić information content (AvgIpc) is 2.80. The highest BCUT2D eigenvalue weighted by Crippen LogP contribution is 2.08. The first kappa shape index (κ1) is 22.9. The van der Waals surface area contributed by atoms with E-state index in [1.165, 1.54) is 22.9 Å². The van der Waals surface area contributed by atoms with E-state index in [9.17, 15) is 9.59 Å². The molecule has 0 atom stereocenters. The number of piperazine rings is 1. The smallest absolute Gasteiger partial charge is 0.274 e. The lowest BCUT2D eigenvalue weighted by Crippen LogP contribution is -3.13. The van der Waals surface area contributed by atoms with Crippen molar-refractivity contribution in [1.29, 1.82) is 0 Å². The second-order valence-corrected chi connectivity index (χ2v) is 8.61. The third-order valence-electron chi connectivity index (χ3n) is 5.76. The fourth-order valence-corrected chi connectivity index (χ4v) is 3.82. The summed E-state index contributed by atoms with van der Waals surface area (Å²) in [6.07, 6.45) is 5.80. The Balaban J connectivity index is 1.49. The Labute approximate surface area is 185 Å². The Morgan fingerprint density at radius 3 is 2.48 bits per heavy atom. The number of amides is 2. The van der Waals surface area contributed by atoms with Crippen molar-refractivity contribution >= 4 is 11.8 Å². The first-order valence-corrected chi connectivity index (χ1v) is 11.2. The molecule has 2 heterocycles. The van der Waals surface area contributed by atoms with E-state index in [1.807, 2.05) is 11.0 Å². The van der Waals surface area contributed by atoms with Gasteiger partial charge in [0.1, 0.15) is 12.2 Å².